The van der Waals surface area contributed by atoms with Gasteiger partial charge in [0, 0.05) is 39.9 Å². The number of carbonyl (C=O) groups is 1. The molecule has 1 aliphatic rings. The second-order valence-electron chi connectivity index (χ2n) is 4.97. The van der Waals surface area contributed by atoms with E-state index in [0.29, 0.717) is 23.0 Å². The molecule has 0 spiro atoms. The lowest BCUT2D eigenvalue weighted by Gasteiger charge is -2.18. The maximum atomic E-state index is 11.4. The van der Waals surface area contributed by atoms with Crippen LogP contribution >= 0.6 is 23.2 Å². The first-order chi connectivity index (χ1) is 10.1. The largest absolute Gasteiger partial charge is 0.381 e. The second kappa shape index (κ2) is 5.96. The van der Waals surface area contributed by atoms with E-state index in [4.69, 9.17) is 23.2 Å². The fourth-order valence-corrected chi connectivity index (χ4v) is 2.90. The van der Waals surface area contributed by atoms with Gasteiger partial charge in [-0.2, -0.15) is 0 Å². The molecule has 2 aromatic rings. The topological polar surface area (TPSA) is 41.1 Å². The summed E-state index contributed by atoms with van der Waals surface area (Å²) in [5.41, 5.74) is 3.83. The van der Waals surface area contributed by atoms with Crippen LogP contribution in [0.1, 0.15) is 17.5 Å². The van der Waals surface area contributed by atoms with E-state index < -0.39 is 0 Å². The lowest BCUT2D eigenvalue weighted by Crippen LogP contribution is -2.19. The van der Waals surface area contributed by atoms with Gasteiger partial charge in [-0.3, -0.25) is 4.79 Å². The van der Waals surface area contributed by atoms with Crippen LogP contribution in [0.2, 0.25) is 10.0 Å². The lowest BCUT2D eigenvalue weighted by atomic mass is 10.0. The molecule has 0 saturated heterocycles. The van der Waals surface area contributed by atoms with Crippen LogP contribution in [0, 0.1) is 0 Å². The van der Waals surface area contributed by atoms with Gasteiger partial charge in [0.1, 0.15) is 0 Å². The van der Waals surface area contributed by atoms with Crippen LogP contribution in [0.25, 0.3) is 0 Å². The molecular weight excluding hydrogens is 307 g/mol. The first-order valence-corrected chi connectivity index (χ1v) is 7.48. The summed E-state index contributed by atoms with van der Waals surface area (Å²) in [6.07, 6.45) is 1.34. The number of carbonyl (C=O) groups excluding carboxylic acids is 1. The number of hydrogen-bond acceptors (Lipinski definition) is 2. The Labute approximate surface area is 133 Å². The van der Waals surface area contributed by atoms with Gasteiger partial charge in [-0.05, 0) is 36.2 Å². The predicted octanol–water partition coefficient (Wildman–Crippen LogP) is 4.49. The van der Waals surface area contributed by atoms with Crippen LogP contribution in [0.4, 0.5) is 11.4 Å². The quantitative estimate of drug-likeness (QED) is 0.874. The molecule has 2 aromatic carbocycles. The first-order valence-electron chi connectivity index (χ1n) is 6.73. The maximum absolute atomic E-state index is 11.4. The fourth-order valence-electron chi connectivity index (χ4n) is 2.37. The lowest BCUT2D eigenvalue weighted by molar-refractivity contribution is -0.116. The van der Waals surface area contributed by atoms with Gasteiger partial charge in [-0.25, -0.2) is 0 Å². The summed E-state index contributed by atoms with van der Waals surface area (Å²) in [4.78, 5) is 11.4. The predicted molar refractivity (Wildman–Crippen MR) is 87.2 cm³/mol. The van der Waals surface area contributed by atoms with Crippen LogP contribution in [0.3, 0.4) is 0 Å². The molecule has 0 aliphatic carbocycles. The van der Waals surface area contributed by atoms with Crippen molar-refractivity contribution in [3.05, 3.63) is 57.6 Å². The van der Waals surface area contributed by atoms with Crippen molar-refractivity contribution in [1.29, 1.82) is 0 Å². The molecule has 0 saturated carbocycles. The van der Waals surface area contributed by atoms with Crippen molar-refractivity contribution in [3.8, 4) is 0 Å². The molecular formula is C16H14Cl2N2O. The maximum Gasteiger partial charge on any atom is 0.224 e. The minimum absolute atomic E-state index is 0.0637. The molecule has 0 aromatic heterocycles. The number of fused-ring (bicyclic) bond motifs is 1. The van der Waals surface area contributed by atoms with Gasteiger partial charge in [0.05, 0.1) is 0 Å². The molecule has 2 N–H and O–H groups in total. The highest BCUT2D eigenvalue weighted by atomic mass is 35.5. The van der Waals surface area contributed by atoms with E-state index >= 15 is 0 Å². The Bertz CT molecular complexity index is 680. The summed E-state index contributed by atoms with van der Waals surface area (Å²) in [7, 11) is 0. The number of anilines is 2. The van der Waals surface area contributed by atoms with Crippen molar-refractivity contribution in [2.45, 2.75) is 19.4 Å². The standard InChI is InChI=1S/C16H14Cl2N2O/c17-13-2-1-3-14(18)12(13)9-19-11-6-4-10-5-7-16(21)20-15(10)8-11/h1-4,6,8,19H,5,7,9H2,(H,20,21). The number of benzene rings is 2. The van der Waals surface area contributed by atoms with Gasteiger partial charge in [0.2, 0.25) is 5.91 Å². The highest BCUT2D eigenvalue weighted by Gasteiger charge is 2.14. The van der Waals surface area contributed by atoms with Crippen LogP contribution in [0.5, 0.6) is 0 Å². The number of amides is 1. The number of hydrogen-bond donors (Lipinski definition) is 2. The fraction of sp³-hybridized carbons (Fsp3) is 0.188. The second-order valence-corrected chi connectivity index (χ2v) is 5.79. The van der Waals surface area contributed by atoms with E-state index in [2.05, 4.69) is 10.6 Å². The van der Waals surface area contributed by atoms with Crippen LogP contribution in [-0.4, -0.2) is 5.91 Å². The third-order valence-corrected chi connectivity index (χ3v) is 4.24. The summed E-state index contributed by atoms with van der Waals surface area (Å²) in [6, 6.07) is 11.4. The molecule has 108 valence electrons. The minimum Gasteiger partial charge on any atom is -0.381 e. The molecule has 0 atom stereocenters. The zero-order valence-electron chi connectivity index (χ0n) is 11.2. The van der Waals surface area contributed by atoms with E-state index in [9.17, 15) is 4.79 Å². The van der Waals surface area contributed by atoms with E-state index in [1.165, 1.54) is 0 Å². The van der Waals surface area contributed by atoms with Crippen molar-refractivity contribution < 1.29 is 4.79 Å². The molecule has 1 aliphatic heterocycles. The Kier molecular flexibility index (Phi) is 4.04. The third kappa shape index (κ3) is 3.14. The highest BCUT2D eigenvalue weighted by molar-refractivity contribution is 6.36. The number of rotatable bonds is 3. The molecule has 0 radical (unpaired) electrons. The van der Waals surface area contributed by atoms with E-state index in [0.717, 1.165) is 28.9 Å². The van der Waals surface area contributed by atoms with Gasteiger partial charge >= 0.3 is 0 Å². The summed E-state index contributed by atoms with van der Waals surface area (Å²) in [5.74, 6) is 0.0637. The molecule has 1 amide bonds. The van der Waals surface area contributed by atoms with Gasteiger partial charge < -0.3 is 10.6 Å². The molecule has 0 fully saturated rings. The Balaban J connectivity index is 1.77. The number of nitrogens with one attached hydrogen (secondary N) is 2. The Morgan fingerprint density at radius 2 is 1.86 bits per heavy atom. The normalized spacial score (nSPS) is 13.5. The number of aryl methyl sites for hydroxylation is 1. The van der Waals surface area contributed by atoms with Crippen molar-refractivity contribution in [3.63, 3.8) is 0 Å². The molecule has 0 unspecified atom stereocenters. The van der Waals surface area contributed by atoms with Crippen molar-refractivity contribution >= 4 is 40.5 Å². The zero-order chi connectivity index (χ0) is 14.8. The summed E-state index contributed by atoms with van der Waals surface area (Å²) in [5, 5.41) is 7.46. The van der Waals surface area contributed by atoms with Crippen LogP contribution in [0.15, 0.2) is 36.4 Å². The zero-order valence-corrected chi connectivity index (χ0v) is 12.8. The molecule has 0 bridgehead atoms. The minimum atomic E-state index is 0.0637. The number of halogens is 2. The molecule has 3 rings (SSSR count). The van der Waals surface area contributed by atoms with Gasteiger partial charge in [-0.1, -0.05) is 35.3 Å². The van der Waals surface area contributed by atoms with Crippen molar-refractivity contribution in [1.82, 2.24) is 0 Å². The summed E-state index contributed by atoms with van der Waals surface area (Å²) in [6.45, 7) is 0.533. The first kappa shape index (κ1) is 14.2. The molecule has 5 heteroatoms. The Hall–Kier alpha value is -1.71. The van der Waals surface area contributed by atoms with Crippen LogP contribution in [-0.2, 0) is 17.8 Å². The molecule has 21 heavy (non-hydrogen) atoms. The van der Waals surface area contributed by atoms with Crippen molar-refractivity contribution in [2.75, 3.05) is 10.6 Å². The Morgan fingerprint density at radius 3 is 2.62 bits per heavy atom. The molecule has 3 nitrogen and oxygen atoms in total. The van der Waals surface area contributed by atoms with Gasteiger partial charge in [-0.15, -0.1) is 0 Å². The van der Waals surface area contributed by atoms with E-state index in [1.807, 2.05) is 36.4 Å². The SMILES string of the molecule is O=C1CCc2ccc(NCc3c(Cl)cccc3Cl)cc2N1. The van der Waals surface area contributed by atoms with Crippen LogP contribution < -0.4 is 10.6 Å². The summed E-state index contributed by atoms with van der Waals surface area (Å²) < 4.78 is 0. The Morgan fingerprint density at radius 1 is 1.10 bits per heavy atom. The molecule has 1 heterocycles. The van der Waals surface area contributed by atoms with Crippen molar-refractivity contribution in [2.24, 2.45) is 0 Å². The van der Waals surface area contributed by atoms with E-state index in [1.54, 1.807) is 0 Å². The smallest absolute Gasteiger partial charge is 0.224 e. The average molecular weight is 321 g/mol. The van der Waals surface area contributed by atoms with Gasteiger partial charge in [0.25, 0.3) is 0 Å². The van der Waals surface area contributed by atoms with E-state index in [-0.39, 0.29) is 5.91 Å². The third-order valence-electron chi connectivity index (χ3n) is 3.54. The van der Waals surface area contributed by atoms with Gasteiger partial charge in [0.15, 0.2) is 0 Å². The monoisotopic (exact) mass is 320 g/mol. The average Bonchev–Trinajstić information content (AvgIpc) is 2.46. The highest BCUT2D eigenvalue weighted by Crippen LogP contribution is 2.28. The summed E-state index contributed by atoms with van der Waals surface area (Å²) >= 11 is 12.3.